The molecule has 10 heteroatoms. The number of hydrogen-bond acceptors (Lipinski definition) is 5. The molecule has 4 N–H and O–H groups in total. The SMILES string of the molecule is O=C(NC1CC1)C1=C(C(=O)NC2CCC3(CC2)CCN(c2ccc(F)cc2Cl)C3=O)NCN1. The van der Waals surface area contributed by atoms with E-state index < -0.39 is 11.2 Å². The van der Waals surface area contributed by atoms with Crippen molar-refractivity contribution >= 4 is 35.0 Å². The van der Waals surface area contributed by atoms with Gasteiger partial charge in [0.2, 0.25) is 5.91 Å². The van der Waals surface area contributed by atoms with Crippen molar-refractivity contribution < 1.29 is 18.8 Å². The third-order valence-corrected chi connectivity index (χ3v) is 7.44. The van der Waals surface area contributed by atoms with Crippen LogP contribution in [0.25, 0.3) is 0 Å². The number of nitrogens with zero attached hydrogens (tertiary/aromatic N) is 1. The summed E-state index contributed by atoms with van der Waals surface area (Å²) in [5.41, 5.74) is 0.617. The summed E-state index contributed by atoms with van der Waals surface area (Å²) >= 11 is 6.18. The molecule has 3 amide bonds. The first-order valence-corrected chi connectivity index (χ1v) is 11.8. The van der Waals surface area contributed by atoms with Gasteiger partial charge in [0, 0.05) is 18.6 Å². The van der Waals surface area contributed by atoms with Gasteiger partial charge in [0.1, 0.15) is 17.2 Å². The van der Waals surface area contributed by atoms with Crippen molar-refractivity contribution in [3.8, 4) is 0 Å². The fourth-order valence-electron chi connectivity index (χ4n) is 5.06. The molecule has 1 spiro atoms. The molecule has 0 radical (unpaired) electrons. The average Bonchev–Trinajstić information content (AvgIpc) is 3.36. The van der Waals surface area contributed by atoms with Crippen molar-refractivity contribution in [2.75, 3.05) is 18.1 Å². The second-order valence-electron chi connectivity index (χ2n) is 9.36. The molecule has 5 rings (SSSR count). The predicted octanol–water partition coefficient (Wildman–Crippen LogP) is 1.90. The molecule has 0 atom stereocenters. The van der Waals surface area contributed by atoms with Gasteiger partial charge in [-0.15, -0.1) is 0 Å². The fourth-order valence-corrected chi connectivity index (χ4v) is 5.33. The second-order valence-corrected chi connectivity index (χ2v) is 9.77. The van der Waals surface area contributed by atoms with E-state index in [2.05, 4.69) is 21.3 Å². The first-order chi connectivity index (χ1) is 15.9. The molecule has 0 aromatic heterocycles. The van der Waals surface area contributed by atoms with Gasteiger partial charge >= 0.3 is 0 Å². The number of benzene rings is 1. The van der Waals surface area contributed by atoms with Crippen LogP contribution in [0.5, 0.6) is 0 Å². The van der Waals surface area contributed by atoms with E-state index in [9.17, 15) is 18.8 Å². The van der Waals surface area contributed by atoms with Gasteiger partial charge in [-0.3, -0.25) is 14.4 Å². The van der Waals surface area contributed by atoms with Crippen LogP contribution in [-0.4, -0.2) is 43.0 Å². The number of rotatable bonds is 5. The maximum absolute atomic E-state index is 13.4. The van der Waals surface area contributed by atoms with Gasteiger partial charge in [-0.25, -0.2) is 4.39 Å². The maximum Gasteiger partial charge on any atom is 0.269 e. The molecule has 1 aromatic rings. The van der Waals surface area contributed by atoms with Crippen molar-refractivity contribution in [1.82, 2.24) is 21.3 Å². The van der Waals surface area contributed by atoms with Crippen LogP contribution in [0, 0.1) is 11.2 Å². The minimum absolute atomic E-state index is 0.0178. The number of hydrogen-bond donors (Lipinski definition) is 4. The highest BCUT2D eigenvalue weighted by Crippen LogP contribution is 2.47. The average molecular weight is 476 g/mol. The normalized spacial score (nSPS) is 26.9. The highest BCUT2D eigenvalue weighted by atomic mass is 35.5. The Hall–Kier alpha value is -2.81. The highest BCUT2D eigenvalue weighted by Gasteiger charge is 2.49. The molecule has 33 heavy (non-hydrogen) atoms. The fraction of sp³-hybridized carbons (Fsp3) is 0.522. The van der Waals surface area contributed by atoms with Crippen molar-refractivity contribution in [3.63, 3.8) is 0 Å². The number of nitrogens with one attached hydrogen (secondary N) is 4. The minimum Gasteiger partial charge on any atom is -0.362 e. The number of anilines is 1. The van der Waals surface area contributed by atoms with E-state index in [1.54, 1.807) is 11.0 Å². The predicted molar refractivity (Wildman–Crippen MR) is 121 cm³/mol. The van der Waals surface area contributed by atoms with Crippen LogP contribution in [0.4, 0.5) is 10.1 Å². The molecule has 0 unspecified atom stereocenters. The van der Waals surface area contributed by atoms with Crippen LogP contribution in [0.15, 0.2) is 29.6 Å². The Balaban J connectivity index is 1.20. The summed E-state index contributed by atoms with van der Waals surface area (Å²) in [5.74, 6) is -0.980. The van der Waals surface area contributed by atoms with Gasteiger partial charge < -0.3 is 26.2 Å². The monoisotopic (exact) mass is 475 g/mol. The zero-order valence-electron chi connectivity index (χ0n) is 18.2. The van der Waals surface area contributed by atoms with E-state index in [-0.39, 0.29) is 46.2 Å². The van der Waals surface area contributed by atoms with Gasteiger partial charge in [-0.2, -0.15) is 0 Å². The van der Waals surface area contributed by atoms with Crippen molar-refractivity contribution in [1.29, 1.82) is 0 Å². The van der Waals surface area contributed by atoms with E-state index >= 15 is 0 Å². The molecule has 176 valence electrons. The van der Waals surface area contributed by atoms with E-state index in [1.165, 1.54) is 12.1 Å². The van der Waals surface area contributed by atoms with E-state index in [4.69, 9.17) is 11.6 Å². The van der Waals surface area contributed by atoms with E-state index in [0.29, 0.717) is 51.0 Å². The van der Waals surface area contributed by atoms with Crippen molar-refractivity contribution in [2.45, 2.75) is 57.0 Å². The first kappa shape index (κ1) is 22.0. The standard InChI is InChI=1S/C23H27ClFN5O3/c24-16-11-13(25)1-4-17(16)30-10-9-23(22(30)33)7-5-15(6-8-23)29-21(32)19-18(26-12-27-19)20(31)28-14-2-3-14/h1,4,11,14-15,26-27H,2-3,5-10,12H2,(H,28,31)(H,29,32). The molecule has 2 aliphatic carbocycles. The van der Waals surface area contributed by atoms with E-state index in [1.807, 2.05) is 0 Å². The zero-order chi connectivity index (χ0) is 23.2. The molecule has 2 saturated carbocycles. The lowest BCUT2D eigenvalue weighted by molar-refractivity contribution is -0.127. The minimum atomic E-state index is -0.472. The second kappa shape index (κ2) is 8.52. The third kappa shape index (κ3) is 4.26. The Morgan fingerprint density at radius 3 is 2.18 bits per heavy atom. The smallest absolute Gasteiger partial charge is 0.269 e. The Kier molecular flexibility index (Phi) is 5.68. The van der Waals surface area contributed by atoms with Crippen LogP contribution >= 0.6 is 11.6 Å². The topological polar surface area (TPSA) is 103 Å². The van der Waals surface area contributed by atoms with Crippen LogP contribution in [0.3, 0.4) is 0 Å². The van der Waals surface area contributed by atoms with Gasteiger partial charge in [0.15, 0.2) is 0 Å². The maximum atomic E-state index is 13.4. The highest BCUT2D eigenvalue weighted by molar-refractivity contribution is 6.34. The van der Waals surface area contributed by atoms with Crippen LogP contribution in [0.1, 0.15) is 44.9 Å². The van der Waals surface area contributed by atoms with Crippen LogP contribution < -0.4 is 26.2 Å². The van der Waals surface area contributed by atoms with E-state index in [0.717, 1.165) is 12.8 Å². The lowest BCUT2D eigenvalue weighted by Crippen LogP contribution is -2.45. The third-order valence-electron chi connectivity index (χ3n) is 7.14. The molecule has 8 nitrogen and oxygen atoms in total. The molecule has 4 aliphatic rings. The number of halogens is 2. The Morgan fingerprint density at radius 2 is 1.61 bits per heavy atom. The summed E-state index contributed by atoms with van der Waals surface area (Å²) in [4.78, 5) is 40.2. The van der Waals surface area contributed by atoms with Gasteiger partial charge in [0.25, 0.3) is 11.8 Å². The Morgan fingerprint density at radius 1 is 1.00 bits per heavy atom. The number of carbonyl (C=O) groups is 3. The summed E-state index contributed by atoms with van der Waals surface area (Å²) in [6.07, 6.45) is 5.32. The van der Waals surface area contributed by atoms with Crippen molar-refractivity contribution in [3.05, 3.63) is 40.4 Å². The molecule has 0 bridgehead atoms. The van der Waals surface area contributed by atoms with Gasteiger partial charge in [-0.05, 0) is 63.1 Å². The van der Waals surface area contributed by atoms with Gasteiger partial charge in [0.05, 0.1) is 22.8 Å². The van der Waals surface area contributed by atoms with Crippen molar-refractivity contribution in [2.24, 2.45) is 5.41 Å². The zero-order valence-corrected chi connectivity index (χ0v) is 18.9. The number of carbonyl (C=O) groups excluding carboxylic acids is 3. The summed E-state index contributed by atoms with van der Waals surface area (Å²) in [7, 11) is 0. The summed E-state index contributed by atoms with van der Waals surface area (Å²) in [5, 5.41) is 12.1. The molecule has 1 aromatic carbocycles. The lowest BCUT2D eigenvalue weighted by atomic mass is 9.71. The number of amides is 3. The Bertz CT molecular complexity index is 1030. The largest absolute Gasteiger partial charge is 0.362 e. The van der Waals surface area contributed by atoms with Gasteiger partial charge in [-0.1, -0.05) is 11.6 Å². The molecule has 1 saturated heterocycles. The first-order valence-electron chi connectivity index (χ1n) is 11.5. The molecule has 3 fully saturated rings. The van der Waals surface area contributed by atoms with Crippen LogP contribution in [0.2, 0.25) is 5.02 Å². The molecule has 2 aliphatic heterocycles. The molecular formula is C23H27ClFN5O3. The lowest BCUT2D eigenvalue weighted by Gasteiger charge is -2.36. The van der Waals surface area contributed by atoms with Crippen LogP contribution in [-0.2, 0) is 14.4 Å². The Labute approximate surface area is 196 Å². The summed E-state index contributed by atoms with van der Waals surface area (Å²) in [6, 6.07) is 4.22. The molecular weight excluding hydrogens is 449 g/mol. The molecule has 2 heterocycles. The summed E-state index contributed by atoms with van der Waals surface area (Å²) in [6.45, 7) is 0.878. The quantitative estimate of drug-likeness (QED) is 0.521. The summed E-state index contributed by atoms with van der Waals surface area (Å²) < 4.78 is 13.4.